The van der Waals surface area contributed by atoms with Crippen LogP contribution in [0.5, 0.6) is 0 Å². The van der Waals surface area contributed by atoms with E-state index in [-0.39, 0.29) is 30.1 Å². The van der Waals surface area contributed by atoms with Crippen LogP contribution in [0.2, 0.25) is 0 Å². The summed E-state index contributed by atoms with van der Waals surface area (Å²) in [4.78, 5) is 36.5. The van der Waals surface area contributed by atoms with Crippen LogP contribution in [0.4, 0.5) is 0 Å². The number of aromatic carboxylic acids is 1. The van der Waals surface area contributed by atoms with Gasteiger partial charge < -0.3 is 14.9 Å². The van der Waals surface area contributed by atoms with Crippen LogP contribution in [-0.4, -0.2) is 74.4 Å². The van der Waals surface area contributed by atoms with Gasteiger partial charge in [0, 0.05) is 27.1 Å². The number of carboxylic acids is 1. The minimum Gasteiger partial charge on any atom is -0.476 e. The summed E-state index contributed by atoms with van der Waals surface area (Å²) in [6.07, 6.45) is 1.34. The van der Waals surface area contributed by atoms with E-state index in [4.69, 9.17) is 5.11 Å². The van der Waals surface area contributed by atoms with Crippen molar-refractivity contribution in [3.63, 3.8) is 0 Å². The number of hydrogen-bond donors (Lipinski definition) is 1. The number of likely N-dealkylation sites (tertiary alicyclic amines) is 1. The van der Waals surface area contributed by atoms with Crippen LogP contribution in [0.3, 0.4) is 0 Å². The van der Waals surface area contributed by atoms with Gasteiger partial charge in [-0.2, -0.15) is 0 Å². The lowest BCUT2D eigenvalue weighted by molar-refractivity contribution is -0.142. The normalized spacial score (nSPS) is 14.8. The van der Waals surface area contributed by atoms with E-state index in [0.717, 1.165) is 0 Å². The molecule has 0 radical (unpaired) electrons. The van der Waals surface area contributed by atoms with Gasteiger partial charge in [0.25, 0.3) is 0 Å². The fourth-order valence-electron chi connectivity index (χ4n) is 1.79. The summed E-state index contributed by atoms with van der Waals surface area (Å²) < 4.78 is 1.45. The highest BCUT2D eigenvalue weighted by atomic mass is 16.4. The minimum atomic E-state index is -1.13. The zero-order chi connectivity index (χ0) is 14.9. The number of likely N-dealkylation sites (N-methyl/N-ethyl adjacent to an activating group) is 1. The van der Waals surface area contributed by atoms with E-state index in [0.29, 0.717) is 13.1 Å². The molecule has 9 heteroatoms. The average molecular weight is 281 g/mol. The maximum absolute atomic E-state index is 11.8. The Kier molecular flexibility index (Phi) is 3.68. The number of amides is 2. The fraction of sp³-hybridized carbons (Fsp3) is 0.545. The van der Waals surface area contributed by atoms with Gasteiger partial charge in [0.1, 0.15) is 0 Å². The monoisotopic (exact) mass is 281 g/mol. The summed E-state index contributed by atoms with van der Waals surface area (Å²) >= 11 is 0. The van der Waals surface area contributed by atoms with Gasteiger partial charge >= 0.3 is 5.97 Å². The van der Waals surface area contributed by atoms with Crippen LogP contribution in [0.1, 0.15) is 23.5 Å². The molecule has 0 atom stereocenters. The SMILES string of the molecule is CC(=O)N(C)CC(=O)N1CC(n2cc(C(=O)O)nn2)C1. The number of hydrogen-bond acceptors (Lipinski definition) is 5. The third kappa shape index (κ3) is 2.76. The Bertz CT molecular complexity index is 549. The van der Waals surface area contributed by atoms with Crippen molar-refractivity contribution in [1.82, 2.24) is 24.8 Å². The van der Waals surface area contributed by atoms with E-state index >= 15 is 0 Å². The molecule has 1 saturated heterocycles. The molecule has 20 heavy (non-hydrogen) atoms. The number of carbonyl (C=O) groups is 3. The molecule has 9 nitrogen and oxygen atoms in total. The van der Waals surface area contributed by atoms with Crippen LogP contribution in [-0.2, 0) is 9.59 Å². The third-order valence-electron chi connectivity index (χ3n) is 3.23. The predicted molar refractivity (Wildman–Crippen MR) is 65.9 cm³/mol. The van der Waals surface area contributed by atoms with Crippen molar-refractivity contribution in [3.05, 3.63) is 11.9 Å². The Morgan fingerprint density at radius 1 is 1.45 bits per heavy atom. The fourth-order valence-corrected chi connectivity index (χ4v) is 1.79. The highest BCUT2D eigenvalue weighted by Gasteiger charge is 2.33. The summed E-state index contributed by atoms with van der Waals surface area (Å²) in [5, 5.41) is 16.0. The molecule has 0 spiro atoms. The van der Waals surface area contributed by atoms with Gasteiger partial charge in [-0.25, -0.2) is 9.48 Å². The molecular weight excluding hydrogens is 266 g/mol. The zero-order valence-electron chi connectivity index (χ0n) is 11.2. The highest BCUT2D eigenvalue weighted by Crippen LogP contribution is 2.20. The molecule has 1 aromatic rings. The maximum Gasteiger partial charge on any atom is 0.358 e. The van der Waals surface area contributed by atoms with Crippen LogP contribution in [0, 0.1) is 0 Å². The first-order valence-electron chi connectivity index (χ1n) is 6.03. The molecule has 2 rings (SSSR count). The van der Waals surface area contributed by atoms with Crippen molar-refractivity contribution in [1.29, 1.82) is 0 Å². The van der Waals surface area contributed by atoms with Crippen molar-refractivity contribution in [3.8, 4) is 0 Å². The van der Waals surface area contributed by atoms with E-state index in [1.165, 1.54) is 22.7 Å². The first kappa shape index (κ1) is 14.0. The Balaban J connectivity index is 1.86. The molecule has 2 amide bonds. The summed E-state index contributed by atoms with van der Waals surface area (Å²) in [6.45, 7) is 2.31. The number of carbonyl (C=O) groups excluding carboxylic acids is 2. The Labute approximate surface area is 114 Å². The molecule has 0 unspecified atom stereocenters. The lowest BCUT2D eigenvalue weighted by Crippen LogP contribution is -2.53. The molecule has 0 aliphatic carbocycles. The van der Waals surface area contributed by atoms with Crippen LogP contribution in [0.25, 0.3) is 0 Å². The first-order chi connectivity index (χ1) is 9.38. The van der Waals surface area contributed by atoms with Gasteiger partial charge in [-0.3, -0.25) is 9.59 Å². The van der Waals surface area contributed by atoms with Gasteiger partial charge in [-0.05, 0) is 0 Å². The molecule has 0 bridgehead atoms. The molecule has 1 aliphatic rings. The highest BCUT2D eigenvalue weighted by molar-refractivity contribution is 5.85. The van der Waals surface area contributed by atoms with E-state index in [2.05, 4.69) is 10.3 Å². The minimum absolute atomic E-state index is 0.0415. The topological polar surface area (TPSA) is 109 Å². The number of nitrogens with zero attached hydrogens (tertiary/aromatic N) is 5. The second kappa shape index (κ2) is 5.27. The van der Waals surface area contributed by atoms with Crippen LogP contribution in [0.15, 0.2) is 6.20 Å². The van der Waals surface area contributed by atoms with Gasteiger partial charge in [-0.15, -0.1) is 5.10 Å². The van der Waals surface area contributed by atoms with E-state index < -0.39 is 5.97 Å². The molecule has 0 saturated carbocycles. The van der Waals surface area contributed by atoms with Gasteiger partial charge in [0.15, 0.2) is 5.69 Å². The zero-order valence-corrected chi connectivity index (χ0v) is 11.2. The van der Waals surface area contributed by atoms with Crippen molar-refractivity contribution in [2.45, 2.75) is 13.0 Å². The summed E-state index contributed by atoms with van der Waals surface area (Å²) in [7, 11) is 1.56. The second-order valence-electron chi connectivity index (χ2n) is 4.72. The van der Waals surface area contributed by atoms with Crippen LogP contribution < -0.4 is 0 Å². The molecule has 1 fully saturated rings. The summed E-state index contributed by atoms with van der Waals surface area (Å²) in [5.74, 6) is -1.44. The Hall–Kier alpha value is -2.45. The van der Waals surface area contributed by atoms with E-state index in [1.807, 2.05) is 0 Å². The Morgan fingerprint density at radius 3 is 2.60 bits per heavy atom. The summed E-state index contributed by atoms with van der Waals surface area (Å²) in [5.41, 5.74) is -0.119. The maximum atomic E-state index is 11.8. The van der Waals surface area contributed by atoms with Gasteiger partial charge in [0.2, 0.25) is 11.8 Å². The molecular formula is C11H15N5O4. The van der Waals surface area contributed by atoms with Crippen LogP contribution >= 0.6 is 0 Å². The first-order valence-corrected chi connectivity index (χ1v) is 6.03. The van der Waals surface area contributed by atoms with E-state index in [9.17, 15) is 14.4 Å². The largest absolute Gasteiger partial charge is 0.476 e. The number of carboxylic acid groups (broad SMARTS) is 1. The van der Waals surface area contributed by atoms with Gasteiger partial charge in [0.05, 0.1) is 18.8 Å². The molecule has 0 aromatic carbocycles. The van der Waals surface area contributed by atoms with Crippen molar-refractivity contribution >= 4 is 17.8 Å². The molecule has 1 aliphatic heterocycles. The Morgan fingerprint density at radius 2 is 2.10 bits per heavy atom. The van der Waals surface area contributed by atoms with Crippen molar-refractivity contribution < 1.29 is 19.5 Å². The average Bonchev–Trinajstić information content (AvgIpc) is 2.76. The standard InChI is InChI=1S/C11H15N5O4/c1-7(17)14(2)6-10(18)15-3-8(4-15)16-5-9(11(19)20)12-13-16/h5,8H,3-4,6H2,1-2H3,(H,19,20). The van der Waals surface area contributed by atoms with E-state index in [1.54, 1.807) is 11.9 Å². The van der Waals surface area contributed by atoms with Gasteiger partial charge in [-0.1, -0.05) is 5.21 Å². The lowest BCUT2D eigenvalue weighted by Gasteiger charge is -2.39. The van der Waals surface area contributed by atoms with Crippen molar-refractivity contribution in [2.24, 2.45) is 0 Å². The second-order valence-corrected chi connectivity index (χ2v) is 4.72. The quantitative estimate of drug-likeness (QED) is 0.745. The number of rotatable bonds is 4. The van der Waals surface area contributed by atoms with Crippen molar-refractivity contribution in [2.75, 3.05) is 26.7 Å². The molecule has 1 aromatic heterocycles. The number of aromatic nitrogens is 3. The third-order valence-corrected chi connectivity index (χ3v) is 3.23. The molecule has 108 valence electrons. The smallest absolute Gasteiger partial charge is 0.358 e. The predicted octanol–water partition coefficient (Wildman–Crippen LogP) is -1.16. The molecule has 2 heterocycles. The summed E-state index contributed by atoms with van der Waals surface area (Å²) in [6, 6.07) is -0.0674. The molecule has 1 N–H and O–H groups in total. The lowest BCUT2D eigenvalue weighted by atomic mass is 10.1.